The van der Waals surface area contributed by atoms with Crippen molar-refractivity contribution < 1.29 is 9.53 Å². The molecule has 1 N–H and O–H groups in total. The molecule has 1 unspecified atom stereocenters. The molecule has 1 aliphatic rings. The summed E-state index contributed by atoms with van der Waals surface area (Å²) in [6.45, 7) is 6.48. The summed E-state index contributed by atoms with van der Waals surface area (Å²) in [5.41, 5.74) is 1.89. The van der Waals surface area contributed by atoms with Gasteiger partial charge in [0.1, 0.15) is 0 Å². The highest BCUT2D eigenvalue weighted by Crippen LogP contribution is 2.07. The quantitative estimate of drug-likeness (QED) is 0.899. The van der Waals surface area contributed by atoms with Crippen LogP contribution in [0.3, 0.4) is 0 Å². The van der Waals surface area contributed by atoms with E-state index < -0.39 is 0 Å². The average Bonchev–Trinajstić information content (AvgIpc) is 2.88. The van der Waals surface area contributed by atoms with Crippen LogP contribution in [-0.4, -0.2) is 41.7 Å². The summed E-state index contributed by atoms with van der Waals surface area (Å²) in [5, 5.41) is 3.00. The SMILES string of the molecule is CCN(Cc1cccc(C)n1)C(=O)NC1CCOC1. The van der Waals surface area contributed by atoms with E-state index in [0.29, 0.717) is 19.7 Å². The Kier molecular flexibility index (Phi) is 4.74. The number of hydrogen-bond acceptors (Lipinski definition) is 3. The van der Waals surface area contributed by atoms with E-state index in [4.69, 9.17) is 4.74 Å². The van der Waals surface area contributed by atoms with E-state index in [1.54, 1.807) is 4.90 Å². The molecule has 5 heteroatoms. The van der Waals surface area contributed by atoms with Gasteiger partial charge in [-0.3, -0.25) is 4.98 Å². The van der Waals surface area contributed by atoms with Crippen molar-refractivity contribution in [1.29, 1.82) is 0 Å². The Morgan fingerprint density at radius 3 is 3.05 bits per heavy atom. The summed E-state index contributed by atoms with van der Waals surface area (Å²) in [6.07, 6.45) is 0.895. The third-order valence-corrected chi connectivity index (χ3v) is 3.23. The van der Waals surface area contributed by atoms with E-state index in [-0.39, 0.29) is 12.1 Å². The van der Waals surface area contributed by atoms with E-state index in [2.05, 4.69) is 10.3 Å². The summed E-state index contributed by atoms with van der Waals surface area (Å²) in [6, 6.07) is 5.97. The molecule has 0 bridgehead atoms. The molecule has 0 radical (unpaired) electrons. The maximum Gasteiger partial charge on any atom is 0.318 e. The lowest BCUT2D eigenvalue weighted by Gasteiger charge is -2.23. The monoisotopic (exact) mass is 263 g/mol. The largest absolute Gasteiger partial charge is 0.379 e. The number of carbonyl (C=O) groups is 1. The highest BCUT2D eigenvalue weighted by molar-refractivity contribution is 5.74. The molecule has 1 atom stereocenters. The third-order valence-electron chi connectivity index (χ3n) is 3.23. The average molecular weight is 263 g/mol. The predicted octanol–water partition coefficient (Wildman–Crippen LogP) is 1.71. The van der Waals surface area contributed by atoms with Crippen LogP contribution < -0.4 is 5.32 Å². The first-order valence-electron chi connectivity index (χ1n) is 6.74. The number of nitrogens with one attached hydrogen (secondary N) is 1. The van der Waals surface area contributed by atoms with E-state index in [1.165, 1.54) is 0 Å². The normalized spacial score (nSPS) is 18.3. The molecule has 1 aromatic heterocycles. The number of nitrogens with zero attached hydrogens (tertiary/aromatic N) is 2. The lowest BCUT2D eigenvalue weighted by molar-refractivity contribution is 0.177. The molecule has 2 heterocycles. The van der Waals surface area contributed by atoms with Gasteiger partial charge in [0.15, 0.2) is 0 Å². The Morgan fingerprint density at radius 2 is 2.42 bits per heavy atom. The van der Waals surface area contributed by atoms with Crippen molar-refractivity contribution in [3.8, 4) is 0 Å². The van der Waals surface area contributed by atoms with Crippen molar-refractivity contribution in [2.24, 2.45) is 0 Å². The lowest BCUT2D eigenvalue weighted by atomic mass is 10.2. The molecular formula is C14H21N3O2. The smallest absolute Gasteiger partial charge is 0.318 e. The Labute approximate surface area is 114 Å². The minimum Gasteiger partial charge on any atom is -0.379 e. The lowest BCUT2D eigenvalue weighted by Crippen LogP contribution is -2.44. The second-order valence-electron chi connectivity index (χ2n) is 4.79. The fourth-order valence-corrected chi connectivity index (χ4v) is 2.12. The van der Waals surface area contributed by atoms with Gasteiger partial charge < -0.3 is 15.0 Å². The van der Waals surface area contributed by atoms with Gasteiger partial charge in [-0.1, -0.05) is 6.07 Å². The molecule has 0 saturated carbocycles. The fraction of sp³-hybridized carbons (Fsp3) is 0.571. The predicted molar refractivity (Wildman–Crippen MR) is 72.8 cm³/mol. The second kappa shape index (κ2) is 6.52. The second-order valence-corrected chi connectivity index (χ2v) is 4.79. The Morgan fingerprint density at radius 1 is 1.58 bits per heavy atom. The van der Waals surface area contributed by atoms with E-state index in [0.717, 1.165) is 24.4 Å². The van der Waals surface area contributed by atoms with Gasteiger partial charge in [0, 0.05) is 18.8 Å². The number of rotatable bonds is 4. The number of aryl methyl sites for hydroxylation is 1. The van der Waals surface area contributed by atoms with Crippen molar-refractivity contribution in [1.82, 2.24) is 15.2 Å². The Balaban J connectivity index is 1.93. The van der Waals surface area contributed by atoms with Gasteiger partial charge in [0.05, 0.1) is 24.9 Å². The van der Waals surface area contributed by atoms with Crippen LogP contribution in [0.5, 0.6) is 0 Å². The molecule has 19 heavy (non-hydrogen) atoms. The zero-order valence-electron chi connectivity index (χ0n) is 11.6. The van der Waals surface area contributed by atoms with Gasteiger partial charge in [0.25, 0.3) is 0 Å². The summed E-state index contributed by atoms with van der Waals surface area (Å²) >= 11 is 0. The summed E-state index contributed by atoms with van der Waals surface area (Å²) in [7, 11) is 0. The summed E-state index contributed by atoms with van der Waals surface area (Å²) in [4.78, 5) is 18.3. The molecule has 1 fully saturated rings. The molecule has 0 spiro atoms. The maximum absolute atomic E-state index is 12.2. The Hall–Kier alpha value is -1.62. The Bertz CT molecular complexity index is 430. The number of hydrogen-bond donors (Lipinski definition) is 1. The van der Waals surface area contributed by atoms with Crippen LogP contribution in [0.4, 0.5) is 4.79 Å². The van der Waals surface area contributed by atoms with Crippen molar-refractivity contribution in [3.05, 3.63) is 29.6 Å². The number of ether oxygens (including phenoxy) is 1. The van der Waals surface area contributed by atoms with Gasteiger partial charge in [-0.25, -0.2) is 4.79 Å². The topological polar surface area (TPSA) is 54.5 Å². The molecule has 2 rings (SSSR count). The zero-order valence-corrected chi connectivity index (χ0v) is 11.6. The number of urea groups is 1. The van der Waals surface area contributed by atoms with Crippen LogP contribution in [0.15, 0.2) is 18.2 Å². The van der Waals surface area contributed by atoms with Crippen LogP contribution in [0, 0.1) is 6.92 Å². The fourth-order valence-electron chi connectivity index (χ4n) is 2.12. The van der Waals surface area contributed by atoms with Gasteiger partial charge in [-0.05, 0) is 32.4 Å². The minimum atomic E-state index is -0.0405. The molecule has 1 saturated heterocycles. The zero-order chi connectivity index (χ0) is 13.7. The van der Waals surface area contributed by atoms with Crippen molar-refractivity contribution in [3.63, 3.8) is 0 Å². The minimum absolute atomic E-state index is 0.0405. The number of carbonyl (C=O) groups excluding carboxylic acids is 1. The van der Waals surface area contributed by atoms with Gasteiger partial charge >= 0.3 is 6.03 Å². The molecule has 5 nitrogen and oxygen atoms in total. The van der Waals surface area contributed by atoms with Gasteiger partial charge in [0.2, 0.25) is 0 Å². The molecule has 0 aromatic carbocycles. The molecular weight excluding hydrogens is 242 g/mol. The first kappa shape index (κ1) is 13.8. The molecule has 0 aliphatic carbocycles. The first-order chi connectivity index (χ1) is 9.19. The molecule has 2 amide bonds. The van der Waals surface area contributed by atoms with Crippen LogP contribution in [0.2, 0.25) is 0 Å². The van der Waals surface area contributed by atoms with Crippen molar-refractivity contribution in [2.75, 3.05) is 19.8 Å². The van der Waals surface area contributed by atoms with Crippen molar-refractivity contribution >= 4 is 6.03 Å². The molecule has 1 aliphatic heterocycles. The number of amides is 2. The number of aromatic nitrogens is 1. The van der Waals surface area contributed by atoms with Crippen LogP contribution >= 0.6 is 0 Å². The highest BCUT2D eigenvalue weighted by atomic mass is 16.5. The standard InChI is InChI=1S/C14H21N3O2/c1-3-17(9-12-6-4-5-11(2)15-12)14(18)16-13-7-8-19-10-13/h4-6,13H,3,7-10H2,1-2H3,(H,16,18). The highest BCUT2D eigenvalue weighted by Gasteiger charge is 2.20. The van der Waals surface area contributed by atoms with Gasteiger partial charge in [-0.15, -0.1) is 0 Å². The third kappa shape index (κ3) is 3.92. The summed E-state index contributed by atoms with van der Waals surface area (Å²) < 4.78 is 5.26. The maximum atomic E-state index is 12.2. The van der Waals surface area contributed by atoms with Crippen LogP contribution in [-0.2, 0) is 11.3 Å². The molecule has 104 valence electrons. The first-order valence-corrected chi connectivity index (χ1v) is 6.74. The van der Waals surface area contributed by atoms with E-state index in [9.17, 15) is 4.79 Å². The van der Waals surface area contributed by atoms with E-state index >= 15 is 0 Å². The van der Waals surface area contributed by atoms with Gasteiger partial charge in [-0.2, -0.15) is 0 Å². The van der Waals surface area contributed by atoms with Crippen LogP contribution in [0.25, 0.3) is 0 Å². The van der Waals surface area contributed by atoms with E-state index in [1.807, 2.05) is 32.0 Å². The molecule has 1 aromatic rings. The van der Waals surface area contributed by atoms with Crippen molar-refractivity contribution in [2.45, 2.75) is 32.9 Å². The number of pyridine rings is 1. The summed E-state index contributed by atoms with van der Waals surface area (Å²) in [5.74, 6) is 0. The van der Waals surface area contributed by atoms with Crippen LogP contribution in [0.1, 0.15) is 24.7 Å².